The number of hydrogen-bond donors (Lipinski definition) is 1. The van der Waals surface area contributed by atoms with E-state index in [4.69, 9.17) is 9.47 Å². The third kappa shape index (κ3) is 2.38. The molecule has 2 heterocycles. The van der Waals surface area contributed by atoms with Crippen LogP contribution in [0, 0.1) is 5.92 Å². The van der Waals surface area contributed by atoms with E-state index in [0.29, 0.717) is 6.04 Å². The second kappa shape index (κ2) is 5.25. The first-order valence-corrected chi connectivity index (χ1v) is 7.36. The van der Waals surface area contributed by atoms with Crippen LogP contribution in [0.3, 0.4) is 0 Å². The summed E-state index contributed by atoms with van der Waals surface area (Å²) in [6.07, 6.45) is 9.03. The largest absolute Gasteiger partial charge is 0.381 e. The van der Waals surface area contributed by atoms with Crippen molar-refractivity contribution in [3.63, 3.8) is 0 Å². The SMILES string of the molecule is C1CCC(C2NCCOC23CCCOCC3)C1. The summed E-state index contributed by atoms with van der Waals surface area (Å²) in [5.74, 6) is 0.841. The molecule has 1 saturated carbocycles. The standard InChI is InChI=1S/C14H25NO2/c1-2-5-12(4-1)13-14(17-11-8-15-13)6-3-9-16-10-7-14/h12-13,15H,1-11H2. The Morgan fingerprint density at radius 1 is 0.941 bits per heavy atom. The van der Waals surface area contributed by atoms with Gasteiger partial charge in [-0.3, -0.25) is 0 Å². The molecular formula is C14H25NO2. The van der Waals surface area contributed by atoms with Crippen molar-refractivity contribution < 1.29 is 9.47 Å². The Bertz CT molecular complexity index is 243. The lowest BCUT2D eigenvalue weighted by Gasteiger charge is -2.47. The van der Waals surface area contributed by atoms with Gasteiger partial charge < -0.3 is 14.8 Å². The van der Waals surface area contributed by atoms with Gasteiger partial charge in [-0.05, 0) is 31.6 Å². The maximum absolute atomic E-state index is 6.27. The second-order valence-corrected chi connectivity index (χ2v) is 5.86. The maximum Gasteiger partial charge on any atom is 0.0860 e. The summed E-state index contributed by atoms with van der Waals surface area (Å²) in [5, 5.41) is 3.77. The molecule has 2 unspecified atom stereocenters. The molecule has 2 atom stereocenters. The normalized spacial score (nSPS) is 40.6. The highest BCUT2D eigenvalue weighted by atomic mass is 16.5. The molecule has 3 rings (SSSR count). The van der Waals surface area contributed by atoms with Crippen molar-refractivity contribution in [2.45, 2.75) is 56.6 Å². The first-order chi connectivity index (χ1) is 8.41. The van der Waals surface area contributed by atoms with E-state index < -0.39 is 0 Å². The molecule has 3 heteroatoms. The smallest absolute Gasteiger partial charge is 0.0860 e. The van der Waals surface area contributed by atoms with Crippen LogP contribution < -0.4 is 5.32 Å². The minimum Gasteiger partial charge on any atom is -0.381 e. The molecule has 1 aliphatic carbocycles. The molecule has 3 aliphatic rings. The summed E-state index contributed by atoms with van der Waals surface area (Å²) in [6.45, 7) is 3.71. The number of morpholine rings is 1. The average molecular weight is 239 g/mol. The van der Waals surface area contributed by atoms with Gasteiger partial charge in [-0.25, -0.2) is 0 Å². The summed E-state index contributed by atoms with van der Waals surface area (Å²) in [6, 6.07) is 0.584. The maximum atomic E-state index is 6.27. The zero-order valence-electron chi connectivity index (χ0n) is 10.7. The zero-order chi connectivity index (χ0) is 11.6. The number of ether oxygens (including phenoxy) is 2. The van der Waals surface area contributed by atoms with Crippen LogP contribution in [0.5, 0.6) is 0 Å². The van der Waals surface area contributed by atoms with Crippen LogP contribution >= 0.6 is 0 Å². The quantitative estimate of drug-likeness (QED) is 0.760. The van der Waals surface area contributed by atoms with Crippen LogP contribution in [0.25, 0.3) is 0 Å². The van der Waals surface area contributed by atoms with Crippen LogP contribution in [0.2, 0.25) is 0 Å². The third-order valence-corrected chi connectivity index (χ3v) is 4.85. The highest BCUT2D eigenvalue weighted by Crippen LogP contribution is 2.40. The van der Waals surface area contributed by atoms with Gasteiger partial charge in [0.05, 0.1) is 12.2 Å². The van der Waals surface area contributed by atoms with Gasteiger partial charge in [-0.2, -0.15) is 0 Å². The summed E-state index contributed by atoms with van der Waals surface area (Å²) >= 11 is 0. The third-order valence-electron chi connectivity index (χ3n) is 4.85. The average Bonchev–Trinajstić information content (AvgIpc) is 2.79. The van der Waals surface area contributed by atoms with E-state index in [1.165, 1.54) is 32.1 Å². The Kier molecular flexibility index (Phi) is 3.69. The van der Waals surface area contributed by atoms with E-state index in [0.717, 1.165) is 45.1 Å². The van der Waals surface area contributed by atoms with Crippen LogP contribution in [0.15, 0.2) is 0 Å². The molecule has 98 valence electrons. The van der Waals surface area contributed by atoms with E-state index in [-0.39, 0.29) is 5.60 Å². The summed E-state index contributed by atoms with van der Waals surface area (Å²) < 4.78 is 11.9. The van der Waals surface area contributed by atoms with E-state index in [1.807, 2.05) is 0 Å². The summed E-state index contributed by atoms with van der Waals surface area (Å²) in [7, 11) is 0. The van der Waals surface area contributed by atoms with Gasteiger partial charge in [0.25, 0.3) is 0 Å². The van der Waals surface area contributed by atoms with Gasteiger partial charge in [-0.15, -0.1) is 0 Å². The van der Waals surface area contributed by atoms with Gasteiger partial charge >= 0.3 is 0 Å². The van der Waals surface area contributed by atoms with Crippen LogP contribution in [-0.4, -0.2) is 38.0 Å². The fourth-order valence-electron chi connectivity index (χ4n) is 4.03. The fraction of sp³-hybridized carbons (Fsp3) is 1.00. The highest BCUT2D eigenvalue weighted by Gasteiger charge is 2.46. The monoisotopic (exact) mass is 239 g/mol. The Morgan fingerprint density at radius 2 is 1.82 bits per heavy atom. The molecule has 0 amide bonds. The number of rotatable bonds is 1. The molecular weight excluding hydrogens is 214 g/mol. The van der Waals surface area contributed by atoms with E-state index in [1.54, 1.807) is 0 Å². The lowest BCUT2D eigenvalue weighted by molar-refractivity contribution is -0.120. The zero-order valence-corrected chi connectivity index (χ0v) is 10.7. The van der Waals surface area contributed by atoms with Gasteiger partial charge in [0, 0.05) is 32.2 Å². The predicted octanol–water partition coefficient (Wildman–Crippen LogP) is 2.10. The molecule has 3 nitrogen and oxygen atoms in total. The Labute approximate surface area is 104 Å². The van der Waals surface area contributed by atoms with Gasteiger partial charge in [0.2, 0.25) is 0 Å². The van der Waals surface area contributed by atoms with Crippen LogP contribution in [0.4, 0.5) is 0 Å². The lowest BCUT2D eigenvalue weighted by atomic mass is 9.77. The van der Waals surface area contributed by atoms with Crippen LogP contribution in [-0.2, 0) is 9.47 Å². The first kappa shape index (κ1) is 11.9. The Hall–Kier alpha value is -0.120. The van der Waals surface area contributed by atoms with E-state index >= 15 is 0 Å². The van der Waals surface area contributed by atoms with Crippen molar-refractivity contribution in [1.82, 2.24) is 5.32 Å². The molecule has 0 radical (unpaired) electrons. The van der Waals surface area contributed by atoms with Crippen LogP contribution in [0.1, 0.15) is 44.9 Å². The Morgan fingerprint density at radius 3 is 2.71 bits per heavy atom. The van der Waals surface area contributed by atoms with Gasteiger partial charge in [0.1, 0.15) is 0 Å². The van der Waals surface area contributed by atoms with Crippen molar-refractivity contribution in [2.24, 2.45) is 5.92 Å². The molecule has 0 aromatic rings. The number of hydrogen-bond acceptors (Lipinski definition) is 3. The molecule has 0 aromatic carbocycles. The van der Waals surface area contributed by atoms with Crippen molar-refractivity contribution in [3.8, 4) is 0 Å². The predicted molar refractivity (Wildman–Crippen MR) is 67.1 cm³/mol. The molecule has 1 spiro atoms. The molecule has 2 saturated heterocycles. The molecule has 17 heavy (non-hydrogen) atoms. The van der Waals surface area contributed by atoms with Crippen molar-refractivity contribution in [1.29, 1.82) is 0 Å². The minimum atomic E-state index is 0.0871. The summed E-state index contributed by atoms with van der Waals surface area (Å²) in [5.41, 5.74) is 0.0871. The molecule has 2 aliphatic heterocycles. The fourth-order valence-corrected chi connectivity index (χ4v) is 4.03. The minimum absolute atomic E-state index is 0.0871. The van der Waals surface area contributed by atoms with Crippen molar-refractivity contribution in [3.05, 3.63) is 0 Å². The van der Waals surface area contributed by atoms with Crippen molar-refractivity contribution in [2.75, 3.05) is 26.4 Å². The topological polar surface area (TPSA) is 30.5 Å². The van der Waals surface area contributed by atoms with E-state index in [9.17, 15) is 0 Å². The second-order valence-electron chi connectivity index (χ2n) is 5.86. The molecule has 3 fully saturated rings. The van der Waals surface area contributed by atoms with E-state index in [2.05, 4.69) is 5.32 Å². The number of nitrogens with one attached hydrogen (secondary N) is 1. The molecule has 1 N–H and O–H groups in total. The van der Waals surface area contributed by atoms with Gasteiger partial charge in [0.15, 0.2) is 0 Å². The molecule has 0 bridgehead atoms. The highest BCUT2D eigenvalue weighted by molar-refractivity contribution is 5.00. The molecule has 0 aromatic heterocycles. The van der Waals surface area contributed by atoms with Crippen molar-refractivity contribution >= 4 is 0 Å². The Balaban J connectivity index is 1.76. The van der Waals surface area contributed by atoms with Gasteiger partial charge in [-0.1, -0.05) is 12.8 Å². The lowest BCUT2D eigenvalue weighted by Crippen LogP contribution is -2.60. The summed E-state index contributed by atoms with van der Waals surface area (Å²) in [4.78, 5) is 0. The first-order valence-electron chi connectivity index (χ1n) is 7.36.